The minimum absolute atomic E-state index is 0.0618. The lowest BCUT2D eigenvalue weighted by atomic mass is 9.78. The number of fused-ring (bicyclic) bond motifs is 2. The van der Waals surface area contributed by atoms with E-state index in [1.807, 2.05) is 32.0 Å². The number of amides is 2. The zero-order valence-electron chi connectivity index (χ0n) is 19.4. The van der Waals surface area contributed by atoms with E-state index in [0.29, 0.717) is 16.3 Å². The molecule has 2 atom stereocenters. The first kappa shape index (κ1) is 23.6. The molecule has 2 aliphatic heterocycles. The number of para-hydroxylation sites is 1. The van der Waals surface area contributed by atoms with Crippen molar-refractivity contribution in [1.29, 1.82) is 0 Å². The van der Waals surface area contributed by atoms with Crippen molar-refractivity contribution in [1.82, 2.24) is 10.2 Å². The molecule has 176 valence electrons. The summed E-state index contributed by atoms with van der Waals surface area (Å²) in [5, 5.41) is 6.77. The van der Waals surface area contributed by atoms with Crippen LogP contribution in [0.25, 0.3) is 0 Å². The van der Waals surface area contributed by atoms with Gasteiger partial charge in [-0.05, 0) is 75.9 Å². The third-order valence-corrected chi connectivity index (χ3v) is 7.31. The largest absolute Gasteiger partial charge is 0.497 e. The molecule has 2 aliphatic rings. The summed E-state index contributed by atoms with van der Waals surface area (Å²) in [6.45, 7) is 3.97. The lowest BCUT2D eigenvalue weighted by Gasteiger charge is -2.54. The molecule has 2 unspecified atom stereocenters. The molecule has 0 spiro atoms. The number of rotatable bonds is 6. The molecule has 2 aromatic carbocycles. The van der Waals surface area contributed by atoms with Gasteiger partial charge in [-0.3, -0.25) is 14.5 Å². The van der Waals surface area contributed by atoms with Crippen LogP contribution in [0.4, 0.5) is 5.69 Å². The van der Waals surface area contributed by atoms with Crippen LogP contribution >= 0.6 is 11.6 Å². The van der Waals surface area contributed by atoms with Gasteiger partial charge in [0.05, 0.1) is 23.4 Å². The summed E-state index contributed by atoms with van der Waals surface area (Å²) < 4.78 is 5.18. The zero-order chi connectivity index (χ0) is 23.6. The highest BCUT2D eigenvalue weighted by Crippen LogP contribution is 2.39. The van der Waals surface area contributed by atoms with Gasteiger partial charge >= 0.3 is 0 Å². The number of nitrogens with one attached hydrogen (secondary N) is 2. The number of anilines is 1. The maximum atomic E-state index is 13.3. The predicted molar refractivity (Wildman–Crippen MR) is 131 cm³/mol. The van der Waals surface area contributed by atoms with Crippen LogP contribution in [0.5, 0.6) is 5.75 Å². The smallest absolute Gasteiger partial charge is 0.251 e. The third kappa shape index (κ3) is 5.02. The number of hydrogen-bond acceptors (Lipinski definition) is 4. The van der Waals surface area contributed by atoms with Crippen LogP contribution < -0.4 is 15.4 Å². The van der Waals surface area contributed by atoms with E-state index in [1.54, 1.807) is 37.4 Å². The molecule has 0 saturated carbocycles. The van der Waals surface area contributed by atoms with E-state index in [0.717, 1.165) is 37.9 Å². The second-order valence-corrected chi connectivity index (χ2v) is 9.92. The average molecular weight is 470 g/mol. The van der Waals surface area contributed by atoms with Crippen LogP contribution in [0.15, 0.2) is 48.5 Å². The molecule has 2 N–H and O–H groups in total. The number of ether oxygens (including phenoxy) is 1. The first-order valence-corrected chi connectivity index (χ1v) is 12.0. The number of piperidine rings is 2. The monoisotopic (exact) mass is 469 g/mol. The predicted octanol–water partition coefficient (Wildman–Crippen LogP) is 4.88. The van der Waals surface area contributed by atoms with Gasteiger partial charge in [0.1, 0.15) is 5.75 Å². The van der Waals surface area contributed by atoms with Gasteiger partial charge in [0.15, 0.2) is 0 Å². The molecular formula is C26H32ClN3O3. The van der Waals surface area contributed by atoms with Crippen LogP contribution in [0, 0.1) is 0 Å². The van der Waals surface area contributed by atoms with Gasteiger partial charge in [0.2, 0.25) is 5.91 Å². The first-order chi connectivity index (χ1) is 15.8. The van der Waals surface area contributed by atoms with Crippen LogP contribution in [-0.4, -0.2) is 47.5 Å². The Bertz CT molecular complexity index is 994. The molecule has 4 rings (SSSR count). The maximum absolute atomic E-state index is 13.3. The highest BCUT2D eigenvalue weighted by molar-refractivity contribution is 6.33. The molecule has 2 fully saturated rings. The van der Waals surface area contributed by atoms with Crippen molar-refractivity contribution >= 4 is 29.1 Å². The molecule has 0 aromatic heterocycles. The summed E-state index contributed by atoms with van der Waals surface area (Å²) in [5.41, 5.74) is 0.562. The average Bonchev–Trinajstić information content (AvgIpc) is 2.80. The fourth-order valence-corrected chi connectivity index (χ4v) is 5.56. The summed E-state index contributed by atoms with van der Waals surface area (Å²) >= 11 is 6.26. The molecule has 0 radical (unpaired) electrons. The van der Waals surface area contributed by atoms with Gasteiger partial charge in [-0.1, -0.05) is 30.2 Å². The van der Waals surface area contributed by atoms with Crippen LogP contribution in [-0.2, 0) is 4.79 Å². The fraction of sp³-hybridized carbons (Fsp3) is 0.462. The van der Waals surface area contributed by atoms with Crippen molar-refractivity contribution in [3.8, 4) is 5.75 Å². The Morgan fingerprint density at radius 3 is 2.27 bits per heavy atom. The quantitative estimate of drug-likeness (QED) is 0.632. The lowest BCUT2D eigenvalue weighted by Crippen LogP contribution is -2.66. The van der Waals surface area contributed by atoms with Crippen LogP contribution in [0.2, 0.25) is 5.02 Å². The number of hydrogen-bond donors (Lipinski definition) is 2. The Labute approximate surface area is 200 Å². The Hall–Kier alpha value is -2.57. The summed E-state index contributed by atoms with van der Waals surface area (Å²) in [7, 11) is 1.61. The molecule has 33 heavy (non-hydrogen) atoms. The maximum Gasteiger partial charge on any atom is 0.251 e. The van der Waals surface area contributed by atoms with E-state index in [1.165, 1.54) is 0 Å². The molecule has 7 heteroatoms. The topological polar surface area (TPSA) is 70.7 Å². The number of halogens is 1. The van der Waals surface area contributed by atoms with E-state index in [4.69, 9.17) is 16.3 Å². The Kier molecular flexibility index (Phi) is 6.96. The minimum Gasteiger partial charge on any atom is -0.497 e. The highest BCUT2D eigenvalue weighted by atomic mass is 35.5. The van der Waals surface area contributed by atoms with Crippen molar-refractivity contribution in [3.63, 3.8) is 0 Å². The molecule has 6 nitrogen and oxygen atoms in total. The summed E-state index contributed by atoms with van der Waals surface area (Å²) in [5.74, 6) is 0.602. The van der Waals surface area contributed by atoms with Gasteiger partial charge in [0.25, 0.3) is 5.91 Å². The van der Waals surface area contributed by atoms with Crippen LogP contribution in [0.3, 0.4) is 0 Å². The molecule has 2 saturated heterocycles. The van der Waals surface area contributed by atoms with Crippen molar-refractivity contribution in [3.05, 3.63) is 59.1 Å². The van der Waals surface area contributed by atoms with E-state index in [-0.39, 0.29) is 29.9 Å². The number of carbonyl (C=O) groups is 2. The summed E-state index contributed by atoms with van der Waals surface area (Å²) in [6, 6.07) is 15.0. The number of methoxy groups -OCH3 is 1. The van der Waals surface area contributed by atoms with Gasteiger partial charge in [0, 0.05) is 23.7 Å². The van der Waals surface area contributed by atoms with E-state index >= 15 is 0 Å². The number of benzene rings is 2. The number of nitrogens with zero attached hydrogens (tertiary/aromatic N) is 1. The van der Waals surface area contributed by atoms with Gasteiger partial charge in [-0.2, -0.15) is 0 Å². The highest BCUT2D eigenvalue weighted by Gasteiger charge is 2.48. The summed E-state index contributed by atoms with van der Waals surface area (Å²) in [6.07, 6.45) is 4.86. The first-order valence-electron chi connectivity index (χ1n) is 11.6. The molecular weight excluding hydrogens is 438 g/mol. The third-order valence-electron chi connectivity index (χ3n) is 6.99. The zero-order valence-corrected chi connectivity index (χ0v) is 20.2. The SMILES string of the molecule is COc1ccc(C(=O)NC2CC3CCCC(C2)N3C(C)(C)C(=O)Nc2ccccc2Cl)cc1. The van der Waals surface area contributed by atoms with Gasteiger partial charge in [-0.15, -0.1) is 0 Å². The van der Waals surface area contributed by atoms with Crippen molar-refractivity contribution in [2.75, 3.05) is 12.4 Å². The molecule has 2 aromatic rings. The summed E-state index contributed by atoms with van der Waals surface area (Å²) in [4.78, 5) is 28.5. The second kappa shape index (κ2) is 9.74. The van der Waals surface area contributed by atoms with Crippen molar-refractivity contribution < 1.29 is 14.3 Å². The normalized spacial score (nSPS) is 23.0. The van der Waals surface area contributed by atoms with Crippen molar-refractivity contribution in [2.24, 2.45) is 0 Å². The molecule has 0 aliphatic carbocycles. The standard InChI is InChI=1S/C26H32ClN3O3/c1-26(2,25(32)29-23-10-5-4-9-22(23)27)30-19-7-6-8-20(30)16-18(15-19)28-24(31)17-11-13-21(33-3)14-12-17/h4-5,9-14,18-20H,6-8,15-16H2,1-3H3,(H,28,31)(H,29,32). The molecule has 2 amide bonds. The fourth-order valence-electron chi connectivity index (χ4n) is 5.38. The Morgan fingerprint density at radius 2 is 1.67 bits per heavy atom. The van der Waals surface area contributed by atoms with E-state index < -0.39 is 5.54 Å². The Morgan fingerprint density at radius 1 is 1.03 bits per heavy atom. The minimum atomic E-state index is -0.695. The van der Waals surface area contributed by atoms with Gasteiger partial charge < -0.3 is 15.4 Å². The lowest BCUT2D eigenvalue weighted by molar-refractivity contribution is -0.134. The molecule has 2 bridgehead atoms. The Balaban J connectivity index is 1.44. The van der Waals surface area contributed by atoms with E-state index in [9.17, 15) is 9.59 Å². The van der Waals surface area contributed by atoms with Crippen LogP contribution in [0.1, 0.15) is 56.3 Å². The second-order valence-electron chi connectivity index (χ2n) is 9.51. The van der Waals surface area contributed by atoms with E-state index in [2.05, 4.69) is 15.5 Å². The van der Waals surface area contributed by atoms with Crippen molar-refractivity contribution in [2.45, 2.75) is 69.6 Å². The van der Waals surface area contributed by atoms with Gasteiger partial charge in [-0.25, -0.2) is 0 Å². The molecule has 2 heterocycles. The number of carbonyl (C=O) groups excluding carboxylic acids is 2.